The highest BCUT2D eigenvalue weighted by Gasteiger charge is 2.55. The first-order chi connectivity index (χ1) is 22.9. The maximum atomic E-state index is 2.72. The number of nitrogens with zero attached hydrogens (tertiary/aromatic N) is 3. The van der Waals surface area contributed by atoms with Crippen LogP contribution in [0.4, 0.5) is 17.1 Å². The van der Waals surface area contributed by atoms with Gasteiger partial charge in [0.05, 0.1) is 17.1 Å². The first-order valence-electron chi connectivity index (χ1n) is 16.7. The molecule has 3 atom stereocenters. The second-order valence-corrected chi connectivity index (χ2v) is 13.1. The van der Waals surface area contributed by atoms with Crippen molar-refractivity contribution in [3.63, 3.8) is 0 Å². The zero-order valence-corrected chi connectivity index (χ0v) is 25.7. The first kappa shape index (κ1) is 26.0. The Balaban J connectivity index is 1.29. The van der Waals surface area contributed by atoms with E-state index in [0.29, 0.717) is 12.5 Å². The van der Waals surface area contributed by atoms with Gasteiger partial charge in [0.25, 0.3) is 0 Å². The second-order valence-electron chi connectivity index (χ2n) is 13.1. The molecule has 5 aromatic carbocycles. The normalized spacial score (nSPS) is 21.5. The van der Waals surface area contributed by atoms with Crippen molar-refractivity contribution in [3.8, 4) is 0 Å². The van der Waals surface area contributed by atoms with Crippen molar-refractivity contribution < 1.29 is 0 Å². The number of rotatable bonds is 3. The average Bonchev–Trinajstić information content (AvgIpc) is 3.46. The lowest BCUT2D eigenvalue weighted by Crippen LogP contribution is -2.68. The summed E-state index contributed by atoms with van der Waals surface area (Å²) in [5.74, 6) is 0.359. The zero-order chi connectivity index (χ0) is 30.2. The van der Waals surface area contributed by atoms with Crippen LogP contribution in [0.5, 0.6) is 0 Å². The molecule has 0 saturated heterocycles. The van der Waals surface area contributed by atoms with Gasteiger partial charge in [0, 0.05) is 51.7 Å². The minimum atomic E-state index is 0.167. The minimum absolute atomic E-state index is 0.167. The van der Waals surface area contributed by atoms with Crippen molar-refractivity contribution in [1.29, 1.82) is 0 Å². The highest BCUT2D eigenvalue weighted by molar-refractivity contribution is 6.89. The second kappa shape index (κ2) is 10.2. The SMILES string of the molecule is C1=CC(N2c3ccccc3B3c4ccccc4N(c4ccccc4)C4C=C(n5c6ccccc6c6ccccc65)CC2C34)=CCC1. The van der Waals surface area contributed by atoms with Gasteiger partial charge in [-0.15, -0.1) is 0 Å². The van der Waals surface area contributed by atoms with Gasteiger partial charge in [-0.05, 0) is 67.2 Å². The van der Waals surface area contributed by atoms with Crippen molar-refractivity contribution in [2.24, 2.45) is 0 Å². The standard InChI is InChI=1S/C42H34BN3/c1-3-15-29(16-4-1)44-38-25-13-9-21-34(38)43-35-22-10-14-26-39(35)45(30-17-5-2-6-18-30)41-28-31(27-40(44)42(41)43)46-36-23-11-7-19-32(36)33-20-8-12-24-37(33)46/h1,3-5,7-27,40-42H,2,6,28H2. The van der Waals surface area contributed by atoms with E-state index in [9.17, 15) is 0 Å². The van der Waals surface area contributed by atoms with Gasteiger partial charge in [0.1, 0.15) is 0 Å². The molecule has 0 spiro atoms. The summed E-state index contributed by atoms with van der Waals surface area (Å²) in [6, 6.07) is 47.8. The molecule has 0 N–H and O–H groups in total. The predicted molar refractivity (Wildman–Crippen MR) is 195 cm³/mol. The Morgan fingerprint density at radius 3 is 1.87 bits per heavy atom. The van der Waals surface area contributed by atoms with Crippen LogP contribution in [0.25, 0.3) is 27.5 Å². The largest absolute Gasteiger partial charge is 0.339 e. The van der Waals surface area contributed by atoms with Crippen LogP contribution >= 0.6 is 0 Å². The summed E-state index contributed by atoms with van der Waals surface area (Å²) in [4.78, 5) is 5.37. The fraction of sp³-hybridized carbons (Fsp3) is 0.143. The van der Waals surface area contributed by atoms with Gasteiger partial charge in [0.15, 0.2) is 0 Å². The number of hydrogen-bond acceptors (Lipinski definition) is 2. The molecule has 0 bridgehead atoms. The Morgan fingerprint density at radius 2 is 1.20 bits per heavy atom. The lowest BCUT2D eigenvalue weighted by atomic mass is 9.27. The molecule has 4 heteroatoms. The van der Waals surface area contributed by atoms with Crippen LogP contribution in [0, 0.1) is 0 Å². The Hall–Kier alpha value is -5.22. The molecular weight excluding hydrogens is 557 g/mol. The molecule has 3 unspecified atom stereocenters. The maximum absolute atomic E-state index is 2.72. The van der Waals surface area contributed by atoms with Crippen LogP contribution in [-0.4, -0.2) is 23.4 Å². The molecule has 10 rings (SSSR count). The van der Waals surface area contributed by atoms with E-state index in [1.807, 2.05) is 0 Å². The third-order valence-corrected chi connectivity index (χ3v) is 10.9. The third kappa shape index (κ3) is 3.67. The summed E-state index contributed by atoms with van der Waals surface area (Å²) >= 11 is 0. The van der Waals surface area contributed by atoms with E-state index in [1.165, 1.54) is 61.2 Å². The van der Waals surface area contributed by atoms with E-state index in [2.05, 4.69) is 166 Å². The Kier molecular flexibility index (Phi) is 5.75. The first-order valence-corrected chi connectivity index (χ1v) is 16.7. The number of anilines is 3. The van der Waals surface area contributed by atoms with Crippen LogP contribution in [0.2, 0.25) is 5.82 Å². The van der Waals surface area contributed by atoms with E-state index in [4.69, 9.17) is 0 Å². The van der Waals surface area contributed by atoms with Crippen molar-refractivity contribution >= 4 is 62.2 Å². The maximum Gasteiger partial charge on any atom is 0.222 e. The molecule has 46 heavy (non-hydrogen) atoms. The number of fused-ring (bicyclic) bond motifs is 7. The molecule has 0 radical (unpaired) electrons. The van der Waals surface area contributed by atoms with Crippen LogP contribution in [0.3, 0.4) is 0 Å². The number of allylic oxidation sites excluding steroid dienone is 3. The van der Waals surface area contributed by atoms with Gasteiger partial charge in [0.2, 0.25) is 6.71 Å². The predicted octanol–water partition coefficient (Wildman–Crippen LogP) is 8.66. The fourth-order valence-corrected chi connectivity index (χ4v) is 9.15. The number of para-hydroxylation sites is 5. The summed E-state index contributed by atoms with van der Waals surface area (Å²) in [5.41, 5.74) is 12.1. The van der Waals surface area contributed by atoms with Gasteiger partial charge in [-0.2, -0.15) is 0 Å². The highest BCUT2D eigenvalue weighted by atomic mass is 15.2. The molecule has 2 aliphatic carbocycles. The van der Waals surface area contributed by atoms with Crippen LogP contribution < -0.4 is 20.7 Å². The average molecular weight is 592 g/mol. The number of benzene rings is 5. The summed E-state index contributed by atoms with van der Waals surface area (Å²) in [6.45, 7) is 0.308. The van der Waals surface area contributed by atoms with Crippen LogP contribution in [0.1, 0.15) is 19.3 Å². The van der Waals surface area contributed by atoms with Gasteiger partial charge in [-0.25, -0.2) is 0 Å². The topological polar surface area (TPSA) is 11.4 Å². The summed E-state index contributed by atoms with van der Waals surface area (Å²) < 4.78 is 2.57. The van der Waals surface area contributed by atoms with Crippen molar-refractivity contribution in [3.05, 3.63) is 157 Å². The van der Waals surface area contributed by atoms with Crippen molar-refractivity contribution in [2.45, 2.75) is 37.2 Å². The molecule has 0 fully saturated rings. The van der Waals surface area contributed by atoms with Crippen LogP contribution in [-0.2, 0) is 0 Å². The third-order valence-electron chi connectivity index (χ3n) is 10.9. The lowest BCUT2D eigenvalue weighted by molar-refractivity contribution is 0.515. The Morgan fingerprint density at radius 1 is 0.587 bits per heavy atom. The molecule has 3 heterocycles. The molecule has 2 aliphatic heterocycles. The molecular formula is C42H34BN3. The molecule has 0 saturated carbocycles. The molecule has 4 aliphatic rings. The highest BCUT2D eigenvalue weighted by Crippen LogP contribution is 2.51. The Bertz CT molecular complexity index is 2190. The van der Waals surface area contributed by atoms with E-state index in [0.717, 1.165) is 19.3 Å². The molecule has 220 valence electrons. The smallest absolute Gasteiger partial charge is 0.222 e. The number of aromatic nitrogens is 1. The lowest BCUT2D eigenvalue weighted by Gasteiger charge is -2.57. The van der Waals surface area contributed by atoms with E-state index < -0.39 is 0 Å². The van der Waals surface area contributed by atoms with Crippen molar-refractivity contribution in [1.82, 2.24) is 4.57 Å². The minimum Gasteiger partial charge on any atom is -0.339 e. The molecule has 6 aromatic rings. The van der Waals surface area contributed by atoms with E-state index in [1.54, 1.807) is 0 Å². The monoisotopic (exact) mass is 591 g/mol. The van der Waals surface area contributed by atoms with E-state index in [-0.39, 0.29) is 12.1 Å². The zero-order valence-electron chi connectivity index (χ0n) is 25.7. The molecule has 3 nitrogen and oxygen atoms in total. The number of hydrogen-bond donors (Lipinski definition) is 0. The Labute approximate surface area is 270 Å². The molecule has 0 amide bonds. The molecule has 1 aromatic heterocycles. The van der Waals surface area contributed by atoms with Gasteiger partial charge < -0.3 is 14.4 Å². The van der Waals surface area contributed by atoms with Gasteiger partial charge in [-0.3, -0.25) is 0 Å². The van der Waals surface area contributed by atoms with Gasteiger partial charge in [-0.1, -0.05) is 114 Å². The summed E-state index contributed by atoms with van der Waals surface area (Å²) in [7, 11) is 0. The fourth-order valence-electron chi connectivity index (χ4n) is 9.15. The van der Waals surface area contributed by atoms with E-state index >= 15 is 0 Å². The summed E-state index contributed by atoms with van der Waals surface area (Å²) in [5, 5.41) is 2.63. The quantitative estimate of drug-likeness (QED) is 0.191. The van der Waals surface area contributed by atoms with Crippen LogP contribution in [0.15, 0.2) is 157 Å². The van der Waals surface area contributed by atoms with Crippen molar-refractivity contribution in [2.75, 3.05) is 9.80 Å². The summed E-state index contributed by atoms with van der Waals surface area (Å²) in [6.07, 6.45) is 13.0. The van der Waals surface area contributed by atoms with Gasteiger partial charge >= 0.3 is 0 Å².